The van der Waals surface area contributed by atoms with Gasteiger partial charge in [0.15, 0.2) is 0 Å². The molecule has 3 aliphatic rings. The van der Waals surface area contributed by atoms with Crippen molar-refractivity contribution in [2.45, 2.75) is 44.3 Å². The van der Waals surface area contributed by atoms with Gasteiger partial charge in [0.25, 0.3) is 5.91 Å². The second kappa shape index (κ2) is 9.15. The molecule has 2 aliphatic heterocycles. The Hall–Kier alpha value is -4.33. The molecule has 9 nitrogen and oxygen atoms in total. The second-order valence-corrected chi connectivity index (χ2v) is 10.8. The number of rotatable bonds is 5. The number of carbonyl (C=O) groups excluding carboxylic acids is 4. The van der Waals surface area contributed by atoms with Gasteiger partial charge in [0.1, 0.15) is 35.2 Å². The number of ketones is 1. The summed E-state index contributed by atoms with van der Waals surface area (Å²) in [6.45, 7) is 3.11. The van der Waals surface area contributed by atoms with Crippen molar-refractivity contribution in [2.75, 3.05) is 13.6 Å². The maximum atomic E-state index is 14.2. The van der Waals surface area contributed by atoms with Crippen LogP contribution < -0.4 is 5.32 Å². The maximum absolute atomic E-state index is 14.2. The number of allylic oxidation sites excluding steroid dienone is 2. The van der Waals surface area contributed by atoms with E-state index in [4.69, 9.17) is 0 Å². The van der Waals surface area contributed by atoms with Crippen LogP contribution >= 0.6 is 0 Å². The van der Waals surface area contributed by atoms with Gasteiger partial charge >= 0.3 is 0 Å². The quantitative estimate of drug-likeness (QED) is 0.609. The average molecular weight is 536 g/mol. The maximum Gasteiger partial charge on any atom is 0.270 e. The number of nitrogens with zero attached hydrogens (tertiary/aromatic N) is 3. The highest BCUT2D eigenvalue weighted by atomic mass is 19.1. The van der Waals surface area contributed by atoms with Gasteiger partial charge in [0.05, 0.1) is 22.5 Å². The number of aromatic amines is 1. The molecule has 11 heteroatoms. The van der Waals surface area contributed by atoms with Crippen molar-refractivity contribution in [3.8, 4) is 6.07 Å². The first-order valence-electron chi connectivity index (χ1n) is 12.5. The summed E-state index contributed by atoms with van der Waals surface area (Å²) >= 11 is 0. The summed E-state index contributed by atoms with van der Waals surface area (Å²) < 4.78 is 27.9. The molecule has 3 heterocycles. The van der Waals surface area contributed by atoms with E-state index in [1.54, 1.807) is 0 Å². The lowest BCUT2D eigenvalue weighted by Gasteiger charge is -2.35. The molecule has 5 rings (SSSR count). The van der Waals surface area contributed by atoms with Crippen molar-refractivity contribution in [1.82, 2.24) is 20.1 Å². The van der Waals surface area contributed by atoms with E-state index in [9.17, 15) is 33.2 Å². The number of nitriles is 1. The highest BCUT2D eigenvalue weighted by Gasteiger charge is 2.64. The van der Waals surface area contributed by atoms with E-state index < -0.39 is 46.5 Å². The summed E-state index contributed by atoms with van der Waals surface area (Å²) in [6.07, 6.45) is 7.24. The normalized spacial score (nSPS) is 27.9. The third-order valence-corrected chi connectivity index (χ3v) is 8.19. The molecule has 0 saturated carbocycles. The molecule has 2 aromatic rings. The molecule has 1 aliphatic carbocycles. The lowest BCUT2D eigenvalue weighted by Crippen LogP contribution is -2.52. The van der Waals surface area contributed by atoms with Gasteiger partial charge < -0.3 is 20.1 Å². The van der Waals surface area contributed by atoms with Crippen LogP contribution in [0.5, 0.6) is 0 Å². The average Bonchev–Trinajstić information content (AvgIpc) is 3.54. The van der Waals surface area contributed by atoms with Crippen LogP contribution in [0.25, 0.3) is 10.9 Å². The smallest absolute Gasteiger partial charge is 0.270 e. The van der Waals surface area contributed by atoms with Crippen molar-refractivity contribution in [2.24, 2.45) is 11.3 Å². The van der Waals surface area contributed by atoms with Gasteiger partial charge in [0, 0.05) is 37.4 Å². The van der Waals surface area contributed by atoms with E-state index in [0.29, 0.717) is 6.07 Å². The van der Waals surface area contributed by atoms with Crippen LogP contribution in [-0.2, 0) is 14.4 Å². The standard InChI is InChI=1S/C28H27F2N5O4/c1-15(36)8-22(34(3)24(37)21-11-18-19(30)9-16(29)10-20(18)32-21)25(38)35-14-28(12-17(35)13-31)23-6-4-5-7-27(23,2)33-26(28)39/h4-7,9-11,17,22-23,32H,8,12,14H2,1-3H3,(H,33,39)/t17-,22-,23?,27?,28-/m0/s1. The summed E-state index contributed by atoms with van der Waals surface area (Å²) in [6, 6.07) is 2.85. The number of Topliss-reactive ketones (excluding diaryl/α,β-unsaturated/α-hetero) is 1. The summed E-state index contributed by atoms with van der Waals surface area (Å²) in [5.41, 5.74) is -1.75. The van der Waals surface area contributed by atoms with E-state index in [1.165, 1.54) is 24.9 Å². The monoisotopic (exact) mass is 535 g/mol. The molecular weight excluding hydrogens is 508 g/mol. The lowest BCUT2D eigenvalue weighted by molar-refractivity contribution is -0.139. The number of fused-ring (bicyclic) bond motifs is 3. The molecule has 0 bridgehead atoms. The molecule has 2 fully saturated rings. The third kappa shape index (κ3) is 4.11. The number of benzene rings is 1. The van der Waals surface area contributed by atoms with E-state index in [1.807, 2.05) is 31.2 Å². The molecular formula is C28H27F2N5O4. The number of halogens is 2. The van der Waals surface area contributed by atoms with Crippen LogP contribution in [-0.4, -0.2) is 69.5 Å². The molecule has 3 amide bonds. The first-order valence-corrected chi connectivity index (χ1v) is 12.5. The Kier molecular flexibility index (Phi) is 6.17. The number of hydrogen-bond acceptors (Lipinski definition) is 5. The van der Waals surface area contributed by atoms with Crippen molar-refractivity contribution in [3.63, 3.8) is 0 Å². The topological polar surface area (TPSA) is 126 Å². The van der Waals surface area contributed by atoms with Gasteiger partial charge in [-0.05, 0) is 32.4 Å². The Morgan fingerprint density at radius 1 is 1.26 bits per heavy atom. The summed E-state index contributed by atoms with van der Waals surface area (Å²) in [5.74, 6) is -3.97. The van der Waals surface area contributed by atoms with Gasteiger partial charge in [0.2, 0.25) is 11.8 Å². The van der Waals surface area contributed by atoms with Crippen LogP contribution in [0.4, 0.5) is 8.78 Å². The van der Waals surface area contributed by atoms with Gasteiger partial charge in [-0.25, -0.2) is 8.78 Å². The molecule has 39 heavy (non-hydrogen) atoms. The SMILES string of the molecule is CC(=O)C[C@@H](C(=O)N1C[C@]2(C[C@H]1C#N)C(=O)NC1(C)C=CC=CC12)N(C)C(=O)c1cc2c(F)cc(F)cc2[nH]1. The number of H-pyrrole nitrogens is 1. The first kappa shape index (κ1) is 26.3. The Labute approximate surface area is 223 Å². The minimum absolute atomic E-state index is 0.00138. The number of amides is 3. The van der Waals surface area contributed by atoms with Gasteiger partial charge in [-0.15, -0.1) is 0 Å². The fraction of sp³-hybridized carbons (Fsp3) is 0.393. The number of hydrogen-bond donors (Lipinski definition) is 2. The second-order valence-electron chi connectivity index (χ2n) is 10.8. The molecule has 202 valence electrons. The minimum Gasteiger partial charge on any atom is -0.350 e. The molecule has 2 saturated heterocycles. The van der Waals surface area contributed by atoms with Crippen molar-refractivity contribution in [1.29, 1.82) is 5.26 Å². The molecule has 1 aromatic carbocycles. The summed E-state index contributed by atoms with van der Waals surface area (Å²) in [4.78, 5) is 57.8. The van der Waals surface area contributed by atoms with Gasteiger partial charge in [-0.2, -0.15) is 5.26 Å². The van der Waals surface area contributed by atoms with Crippen LogP contribution in [0.2, 0.25) is 0 Å². The summed E-state index contributed by atoms with van der Waals surface area (Å²) in [5, 5.41) is 13.0. The molecule has 5 atom stereocenters. The molecule has 0 radical (unpaired) electrons. The van der Waals surface area contributed by atoms with E-state index in [0.717, 1.165) is 11.0 Å². The largest absolute Gasteiger partial charge is 0.350 e. The Balaban J connectivity index is 1.46. The number of aromatic nitrogens is 1. The summed E-state index contributed by atoms with van der Waals surface area (Å²) in [7, 11) is 1.33. The van der Waals surface area contributed by atoms with Crippen molar-refractivity contribution >= 4 is 34.4 Å². The highest BCUT2D eigenvalue weighted by molar-refractivity contribution is 6.01. The Bertz CT molecular complexity index is 1520. The zero-order valence-corrected chi connectivity index (χ0v) is 21.6. The predicted molar refractivity (Wildman–Crippen MR) is 136 cm³/mol. The molecule has 2 unspecified atom stereocenters. The fourth-order valence-electron chi connectivity index (χ4n) is 6.25. The zero-order chi connectivity index (χ0) is 28.3. The highest BCUT2D eigenvalue weighted by Crippen LogP contribution is 2.52. The molecule has 2 N–H and O–H groups in total. The number of likely N-dealkylation sites (tertiary alicyclic amines) is 1. The van der Waals surface area contributed by atoms with Crippen molar-refractivity contribution < 1.29 is 28.0 Å². The third-order valence-electron chi connectivity index (χ3n) is 8.19. The fourth-order valence-corrected chi connectivity index (χ4v) is 6.25. The van der Waals surface area contributed by atoms with E-state index in [2.05, 4.69) is 16.4 Å². The lowest BCUT2D eigenvalue weighted by atomic mass is 9.67. The molecule has 1 spiro atoms. The number of likely N-dealkylation sites (N-methyl/N-ethyl adjacent to an activating group) is 1. The van der Waals surface area contributed by atoms with Crippen LogP contribution in [0.15, 0.2) is 42.5 Å². The van der Waals surface area contributed by atoms with Crippen LogP contribution in [0, 0.1) is 34.3 Å². The zero-order valence-electron chi connectivity index (χ0n) is 21.6. The van der Waals surface area contributed by atoms with E-state index >= 15 is 0 Å². The Morgan fingerprint density at radius 2 is 2.00 bits per heavy atom. The van der Waals surface area contributed by atoms with Crippen LogP contribution in [0.3, 0.4) is 0 Å². The Morgan fingerprint density at radius 3 is 2.69 bits per heavy atom. The first-order chi connectivity index (χ1) is 18.4. The van der Waals surface area contributed by atoms with Gasteiger partial charge in [-0.1, -0.05) is 24.3 Å². The number of nitrogens with one attached hydrogen (secondary N) is 2. The minimum atomic E-state index is -1.29. The van der Waals surface area contributed by atoms with Crippen molar-refractivity contribution in [3.05, 3.63) is 59.8 Å². The molecule has 1 aromatic heterocycles. The predicted octanol–water partition coefficient (Wildman–Crippen LogP) is 2.61. The van der Waals surface area contributed by atoms with Gasteiger partial charge in [-0.3, -0.25) is 19.2 Å². The van der Waals surface area contributed by atoms with Crippen LogP contribution in [0.1, 0.15) is 37.2 Å². The number of carbonyl (C=O) groups is 4. The van der Waals surface area contributed by atoms with E-state index in [-0.39, 0.29) is 53.6 Å².